The lowest BCUT2D eigenvalue weighted by Crippen LogP contribution is -2.33. The SMILES string of the molecule is CCN(Cc1nc2cc(OC)c(OC)cc2c(=O)[nH]1)C(=O)[C@H]1C[C@@H]1C(=O)O. The van der Waals surface area contributed by atoms with E-state index >= 15 is 0 Å². The Kier molecular flexibility index (Phi) is 5.02. The number of carboxylic acid groups (broad SMARTS) is 1. The number of amides is 1. The van der Waals surface area contributed by atoms with Gasteiger partial charge in [0.25, 0.3) is 5.56 Å². The van der Waals surface area contributed by atoms with Gasteiger partial charge in [0.2, 0.25) is 5.91 Å². The summed E-state index contributed by atoms with van der Waals surface area (Å²) in [6, 6.07) is 3.15. The fraction of sp³-hybridized carbons (Fsp3) is 0.444. The van der Waals surface area contributed by atoms with E-state index in [2.05, 4.69) is 9.97 Å². The summed E-state index contributed by atoms with van der Waals surface area (Å²) in [5.41, 5.74) is 0.0685. The van der Waals surface area contributed by atoms with Crippen LogP contribution >= 0.6 is 0 Å². The number of nitrogens with zero attached hydrogens (tertiary/aromatic N) is 2. The summed E-state index contributed by atoms with van der Waals surface area (Å²) in [5, 5.41) is 9.36. The number of aliphatic carboxylic acids is 1. The molecule has 0 aliphatic heterocycles. The second-order valence-electron chi connectivity index (χ2n) is 6.38. The van der Waals surface area contributed by atoms with E-state index in [1.807, 2.05) is 0 Å². The molecule has 1 amide bonds. The van der Waals surface area contributed by atoms with Gasteiger partial charge in [-0.05, 0) is 19.4 Å². The maximum absolute atomic E-state index is 12.5. The molecule has 9 nitrogen and oxygen atoms in total. The summed E-state index contributed by atoms with van der Waals surface area (Å²) in [4.78, 5) is 44.5. The molecule has 0 bridgehead atoms. The third kappa shape index (κ3) is 3.57. The van der Waals surface area contributed by atoms with Crippen LogP contribution in [0.15, 0.2) is 16.9 Å². The zero-order valence-electron chi connectivity index (χ0n) is 15.3. The van der Waals surface area contributed by atoms with Crippen molar-refractivity contribution in [3.05, 3.63) is 28.3 Å². The molecule has 3 rings (SSSR count). The van der Waals surface area contributed by atoms with E-state index in [0.717, 1.165) is 0 Å². The smallest absolute Gasteiger partial charge is 0.307 e. The molecule has 1 heterocycles. The van der Waals surface area contributed by atoms with Gasteiger partial charge < -0.3 is 24.5 Å². The number of hydrogen-bond acceptors (Lipinski definition) is 6. The molecule has 0 spiro atoms. The highest BCUT2D eigenvalue weighted by molar-refractivity contribution is 5.89. The topological polar surface area (TPSA) is 122 Å². The van der Waals surface area contributed by atoms with Crippen LogP contribution in [-0.4, -0.2) is 52.6 Å². The molecule has 9 heteroatoms. The van der Waals surface area contributed by atoms with Gasteiger partial charge in [-0.1, -0.05) is 0 Å². The number of carbonyl (C=O) groups is 2. The molecule has 2 N–H and O–H groups in total. The van der Waals surface area contributed by atoms with Gasteiger partial charge in [0.15, 0.2) is 11.5 Å². The van der Waals surface area contributed by atoms with Crippen LogP contribution < -0.4 is 15.0 Å². The molecule has 0 unspecified atom stereocenters. The van der Waals surface area contributed by atoms with Crippen LogP contribution in [0, 0.1) is 11.8 Å². The Morgan fingerprint density at radius 3 is 2.48 bits per heavy atom. The van der Waals surface area contributed by atoms with Crippen LogP contribution in [0.25, 0.3) is 10.9 Å². The number of ether oxygens (including phenoxy) is 2. The van der Waals surface area contributed by atoms with Crippen LogP contribution in [0.4, 0.5) is 0 Å². The van der Waals surface area contributed by atoms with Gasteiger partial charge in [-0.3, -0.25) is 14.4 Å². The number of fused-ring (bicyclic) bond motifs is 1. The average Bonchev–Trinajstić information content (AvgIpc) is 3.45. The summed E-state index contributed by atoms with van der Waals surface area (Å²) < 4.78 is 10.4. The third-order valence-corrected chi connectivity index (χ3v) is 4.72. The molecular weight excluding hydrogens is 354 g/mol. The molecule has 1 aromatic carbocycles. The molecular formula is C18H21N3O6. The average molecular weight is 375 g/mol. The first-order valence-electron chi connectivity index (χ1n) is 8.56. The van der Waals surface area contributed by atoms with Gasteiger partial charge in [-0.2, -0.15) is 0 Å². The van der Waals surface area contributed by atoms with Crippen LogP contribution in [0.3, 0.4) is 0 Å². The van der Waals surface area contributed by atoms with Crippen LogP contribution in [-0.2, 0) is 16.1 Å². The minimum absolute atomic E-state index is 0.0949. The predicted octanol–water partition coefficient (Wildman–Crippen LogP) is 1.01. The van der Waals surface area contributed by atoms with Crippen LogP contribution in [0.2, 0.25) is 0 Å². The fourth-order valence-electron chi connectivity index (χ4n) is 3.09. The number of rotatable bonds is 7. The second kappa shape index (κ2) is 7.26. The second-order valence-corrected chi connectivity index (χ2v) is 6.38. The highest BCUT2D eigenvalue weighted by Gasteiger charge is 2.49. The highest BCUT2D eigenvalue weighted by Crippen LogP contribution is 2.40. The van der Waals surface area contributed by atoms with Crippen molar-refractivity contribution in [2.75, 3.05) is 20.8 Å². The quantitative estimate of drug-likeness (QED) is 0.740. The summed E-state index contributed by atoms with van der Waals surface area (Å²) in [7, 11) is 2.97. The fourth-order valence-corrected chi connectivity index (χ4v) is 3.09. The Morgan fingerprint density at radius 2 is 1.93 bits per heavy atom. The van der Waals surface area contributed by atoms with Crippen LogP contribution in [0.1, 0.15) is 19.2 Å². The first-order valence-corrected chi connectivity index (χ1v) is 8.56. The Hall–Kier alpha value is -3.10. The Labute approximate surface area is 154 Å². The molecule has 1 saturated carbocycles. The zero-order valence-corrected chi connectivity index (χ0v) is 15.3. The third-order valence-electron chi connectivity index (χ3n) is 4.72. The van der Waals surface area contributed by atoms with Crippen LogP contribution in [0.5, 0.6) is 11.5 Å². The molecule has 1 aliphatic carbocycles. The molecule has 1 aliphatic rings. The minimum Gasteiger partial charge on any atom is -0.493 e. The first-order chi connectivity index (χ1) is 12.9. The highest BCUT2D eigenvalue weighted by atomic mass is 16.5. The number of nitrogens with one attached hydrogen (secondary N) is 1. The molecule has 1 fully saturated rings. The maximum Gasteiger partial charge on any atom is 0.307 e. The van der Waals surface area contributed by atoms with E-state index in [0.29, 0.717) is 41.2 Å². The lowest BCUT2D eigenvalue weighted by Gasteiger charge is -2.20. The number of carboxylic acids is 1. The Balaban J connectivity index is 1.89. The monoisotopic (exact) mass is 375 g/mol. The normalized spacial score (nSPS) is 18.2. The van der Waals surface area contributed by atoms with E-state index in [4.69, 9.17) is 14.6 Å². The number of benzene rings is 1. The zero-order chi connectivity index (χ0) is 19.7. The summed E-state index contributed by atoms with van der Waals surface area (Å²) >= 11 is 0. The van der Waals surface area contributed by atoms with Gasteiger partial charge in [0, 0.05) is 12.6 Å². The van der Waals surface area contributed by atoms with Crippen molar-refractivity contribution in [3.8, 4) is 11.5 Å². The van der Waals surface area contributed by atoms with E-state index in [9.17, 15) is 14.4 Å². The summed E-state index contributed by atoms with van der Waals surface area (Å²) in [6.07, 6.45) is 0.351. The largest absolute Gasteiger partial charge is 0.493 e. The summed E-state index contributed by atoms with van der Waals surface area (Å²) in [5.74, 6) is -1.13. The van der Waals surface area contributed by atoms with Crippen molar-refractivity contribution in [2.24, 2.45) is 11.8 Å². The molecule has 2 aromatic rings. The molecule has 144 valence electrons. The number of aromatic amines is 1. The lowest BCUT2D eigenvalue weighted by atomic mass is 10.2. The number of methoxy groups -OCH3 is 2. The van der Waals surface area contributed by atoms with Crippen molar-refractivity contribution >= 4 is 22.8 Å². The van der Waals surface area contributed by atoms with Crippen molar-refractivity contribution in [1.29, 1.82) is 0 Å². The van der Waals surface area contributed by atoms with Crippen molar-refractivity contribution in [3.63, 3.8) is 0 Å². The molecule has 2 atom stereocenters. The Morgan fingerprint density at radius 1 is 1.26 bits per heavy atom. The van der Waals surface area contributed by atoms with E-state index in [-0.39, 0.29) is 18.0 Å². The van der Waals surface area contributed by atoms with Crippen molar-refractivity contribution in [1.82, 2.24) is 14.9 Å². The van der Waals surface area contributed by atoms with Crippen molar-refractivity contribution in [2.45, 2.75) is 19.9 Å². The Bertz CT molecular complexity index is 954. The van der Waals surface area contributed by atoms with Gasteiger partial charge >= 0.3 is 5.97 Å². The lowest BCUT2D eigenvalue weighted by molar-refractivity contribution is -0.142. The van der Waals surface area contributed by atoms with E-state index < -0.39 is 17.8 Å². The number of H-pyrrole nitrogens is 1. The number of hydrogen-bond donors (Lipinski definition) is 2. The molecule has 1 aromatic heterocycles. The number of aromatic nitrogens is 2. The first kappa shape index (κ1) is 18.7. The van der Waals surface area contributed by atoms with Gasteiger partial charge in [-0.15, -0.1) is 0 Å². The molecule has 0 saturated heterocycles. The number of carbonyl (C=O) groups excluding carboxylic acids is 1. The van der Waals surface area contributed by atoms with Gasteiger partial charge in [0.05, 0.1) is 43.5 Å². The summed E-state index contributed by atoms with van der Waals surface area (Å²) in [6.45, 7) is 2.27. The molecule has 0 radical (unpaired) electrons. The maximum atomic E-state index is 12.5. The van der Waals surface area contributed by atoms with Crippen molar-refractivity contribution < 1.29 is 24.2 Å². The standard InChI is InChI=1S/C18H21N3O6/c1-4-21(17(23)9-5-10(9)18(24)25)8-15-19-12-7-14(27-3)13(26-2)6-11(12)16(22)20-15/h6-7,9-10H,4-5,8H2,1-3H3,(H,24,25)(H,19,20,22)/t9-,10-/m0/s1. The van der Waals surface area contributed by atoms with E-state index in [1.54, 1.807) is 19.1 Å². The molecule has 27 heavy (non-hydrogen) atoms. The van der Waals surface area contributed by atoms with Gasteiger partial charge in [-0.25, -0.2) is 4.98 Å². The predicted molar refractivity (Wildman–Crippen MR) is 95.8 cm³/mol. The van der Waals surface area contributed by atoms with Gasteiger partial charge in [0.1, 0.15) is 5.82 Å². The minimum atomic E-state index is -0.956. The van der Waals surface area contributed by atoms with E-state index in [1.165, 1.54) is 19.1 Å².